The van der Waals surface area contributed by atoms with E-state index in [9.17, 15) is 4.79 Å². The molecule has 0 aromatic heterocycles. The van der Waals surface area contributed by atoms with Gasteiger partial charge in [0.15, 0.2) is 0 Å². The molecule has 0 bridgehead atoms. The number of rotatable bonds is 6. The van der Waals surface area contributed by atoms with Crippen molar-refractivity contribution in [3.8, 4) is 0 Å². The fraction of sp³-hybridized carbons (Fsp3) is 0.923. The van der Waals surface area contributed by atoms with E-state index in [-0.39, 0.29) is 16.8 Å². The first-order valence-electron chi connectivity index (χ1n) is 5.92. The Morgan fingerprint density at radius 1 is 1.07 bits per heavy atom. The average Bonchev–Trinajstić information content (AvgIpc) is 2.17. The summed E-state index contributed by atoms with van der Waals surface area (Å²) in [5, 5.41) is 0. The molecule has 2 nitrogen and oxygen atoms in total. The molecule has 0 aromatic carbocycles. The second-order valence-electron chi connectivity index (χ2n) is 5.64. The van der Waals surface area contributed by atoms with Gasteiger partial charge >= 0.3 is 5.97 Å². The molecule has 0 aliphatic carbocycles. The summed E-state index contributed by atoms with van der Waals surface area (Å²) in [5.74, 6) is -0.0723. The molecule has 0 amide bonds. The number of hydrogen-bond acceptors (Lipinski definition) is 2. The SMILES string of the molecule is CCC(C)(C)CCOC(=O)C(C)(C)CC. The third kappa shape index (κ3) is 5.19. The van der Waals surface area contributed by atoms with Crippen molar-refractivity contribution >= 4 is 5.97 Å². The molecule has 0 atom stereocenters. The molecule has 2 heteroatoms. The van der Waals surface area contributed by atoms with Crippen LogP contribution in [0.5, 0.6) is 0 Å². The van der Waals surface area contributed by atoms with Crippen LogP contribution in [-0.4, -0.2) is 12.6 Å². The van der Waals surface area contributed by atoms with E-state index in [1.165, 1.54) is 0 Å². The summed E-state index contributed by atoms with van der Waals surface area (Å²) >= 11 is 0. The summed E-state index contributed by atoms with van der Waals surface area (Å²) in [5.41, 5.74) is -0.0625. The molecule has 0 saturated heterocycles. The fourth-order valence-electron chi connectivity index (χ4n) is 0.937. The first-order chi connectivity index (χ1) is 6.75. The van der Waals surface area contributed by atoms with Crippen molar-refractivity contribution in [3.05, 3.63) is 0 Å². The quantitative estimate of drug-likeness (QED) is 0.629. The second-order valence-corrected chi connectivity index (χ2v) is 5.64. The zero-order valence-electron chi connectivity index (χ0n) is 11.1. The maximum atomic E-state index is 11.6. The lowest BCUT2D eigenvalue weighted by Crippen LogP contribution is -2.27. The topological polar surface area (TPSA) is 26.3 Å². The number of hydrogen-bond donors (Lipinski definition) is 0. The molecule has 0 saturated carbocycles. The van der Waals surface area contributed by atoms with Gasteiger partial charge in [-0.1, -0.05) is 34.1 Å². The highest BCUT2D eigenvalue weighted by molar-refractivity contribution is 5.75. The minimum atomic E-state index is -0.337. The zero-order valence-corrected chi connectivity index (χ0v) is 11.1. The molecule has 0 heterocycles. The largest absolute Gasteiger partial charge is 0.465 e. The normalized spacial score (nSPS) is 12.7. The van der Waals surface area contributed by atoms with E-state index in [1.54, 1.807) is 0 Å². The Labute approximate surface area is 94.4 Å². The van der Waals surface area contributed by atoms with Crippen molar-refractivity contribution in [2.24, 2.45) is 10.8 Å². The summed E-state index contributed by atoms with van der Waals surface area (Å²) in [6.07, 6.45) is 2.87. The highest BCUT2D eigenvalue weighted by atomic mass is 16.5. The molecule has 0 aromatic rings. The lowest BCUT2D eigenvalue weighted by Gasteiger charge is -2.24. The molecule has 0 spiro atoms. The van der Waals surface area contributed by atoms with E-state index in [0.717, 1.165) is 19.3 Å². The molecule has 15 heavy (non-hydrogen) atoms. The predicted octanol–water partition coefficient (Wildman–Crippen LogP) is 3.79. The van der Waals surface area contributed by atoms with Crippen molar-refractivity contribution in [2.45, 2.75) is 60.8 Å². The van der Waals surface area contributed by atoms with E-state index in [4.69, 9.17) is 4.74 Å². The van der Waals surface area contributed by atoms with Crippen molar-refractivity contribution in [1.82, 2.24) is 0 Å². The molecule has 0 aliphatic heterocycles. The van der Waals surface area contributed by atoms with Crippen LogP contribution in [0.1, 0.15) is 60.8 Å². The van der Waals surface area contributed by atoms with Gasteiger partial charge in [-0.05, 0) is 32.1 Å². The van der Waals surface area contributed by atoms with Gasteiger partial charge in [0.2, 0.25) is 0 Å². The van der Waals surface area contributed by atoms with Gasteiger partial charge in [0.05, 0.1) is 12.0 Å². The summed E-state index contributed by atoms with van der Waals surface area (Å²) < 4.78 is 5.30. The van der Waals surface area contributed by atoms with Gasteiger partial charge in [-0.25, -0.2) is 0 Å². The maximum Gasteiger partial charge on any atom is 0.311 e. The van der Waals surface area contributed by atoms with E-state index in [0.29, 0.717) is 6.61 Å². The maximum absolute atomic E-state index is 11.6. The molecule has 0 rings (SSSR count). The second kappa shape index (κ2) is 5.53. The van der Waals surface area contributed by atoms with Gasteiger partial charge in [-0.2, -0.15) is 0 Å². The van der Waals surface area contributed by atoms with Crippen molar-refractivity contribution in [2.75, 3.05) is 6.61 Å². The van der Waals surface area contributed by atoms with Gasteiger partial charge < -0.3 is 4.74 Å². The standard InChI is InChI=1S/C13H26O2/c1-7-12(3,4)9-10-15-11(14)13(5,6)8-2/h7-10H2,1-6H3. The molecule has 0 aliphatic rings. The first-order valence-corrected chi connectivity index (χ1v) is 5.92. The first kappa shape index (κ1) is 14.5. The molecule has 90 valence electrons. The van der Waals surface area contributed by atoms with Gasteiger partial charge in [0.25, 0.3) is 0 Å². The summed E-state index contributed by atoms with van der Waals surface area (Å²) in [4.78, 5) is 11.6. The zero-order chi connectivity index (χ0) is 12.1. The van der Waals surface area contributed by atoms with Crippen molar-refractivity contribution in [3.63, 3.8) is 0 Å². The minimum absolute atomic E-state index is 0.0723. The van der Waals surface area contributed by atoms with Crippen LogP contribution in [0, 0.1) is 10.8 Å². The molecular weight excluding hydrogens is 188 g/mol. The Bertz CT molecular complexity index is 205. The highest BCUT2D eigenvalue weighted by Gasteiger charge is 2.27. The van der Waals surface area contributed by atoms with Gasteiger partial charge in [-0.3, -0.25) is 4.79 Å². The lowest BCUT2D eigenvalue weighted by atomic mass is 9.87. The molecule has 0 radical (unpaired) electrons. The monoisotopic (exact) mass is 214 g/mol. The Morgan fingerprint density at radius 2 is 1.60 bits per heavy atom. The Kier molecular flexibility index (Phi) is 5.33. The third-order valence-corrected chi connectivity index (χ3v) is 3.41. The lowest BCUT2D eigenvalue weighted by molar-refractivity contribution is -0.154. The molecular formula is C13H26O2. The summed E-state index contributed by atoms with van der Waals surface area (Å²) in [6.45, 7) is 13.0. The van der Waals surface area contributed by atoms with Crippen LogP contribution in [0.2, 0.25) is 0 Å². The van der Waals surface area contributed by atoms with Crippen molar-refractivity contribution in [1.29, 1.82) is 0 Å². The summed E-state index contributed by atoms with van der Waals surface area (Å²) in [6, 6.07) is 0. The highest BCUT2D eigenvalue weighted by Crippen LogP contribution is 2.26. The van der Waals surface area contributed by atoms with E-state index in [1.807, 2.05) is 20.8 Å². The Hall–Kier alpha value is -0.530. The Morgan fingerprint density at radius 3 is 2.00 bits per heavy atom. The number of carbonyl (C=O) groups excluding carboxylic acids is 1. The van der Waals surface area contributed by atoms with Crippen LogP contribution >= 0.6 is 0 Å². The number of ether oxygens (including phenoxy) is 1. The summed E-state index contributed by atoms with van der Waals surface area (Å²) in [7, 11) is 0. The van der Waals surface area contributed by atoms with Crippen LogP contribution in [0.15, 0.2) is 0 Å². The van der Waals surface area contributed by atoms with Crippen LogP contribution in [0.25, 0.3) is 0 Å². The molecule has 0 fully saturated rings. The fourth-order valence-corrected chi connectivity index (χ4v) is 0.937. The molecule has 0 N–H and O–H groups in total. The van der Waals surface area contributed by atoms with Crippen LogP contribution < -0.4 is 0 Å². The van der Waals surface area contributed by atoms with Crippen molar-refractivity contribution < 1.29 is 9.53 Å². The van der Waals surface area contributed by atoms with Crippen LogP contribution in [-0.2, 0) is 9.53 Å². The number of carbonyl (C=O) groups is 1. The van der Waals surface area contributed by atoms with Gasteiger partial charge in [0.1, 0.15) is 0 Å². The molecule has 0 unspecified atom stereocenters. The van der Waals surface area contributed by atoms with Crippen LogP contribution in [0.4, 0.5) is 0 Å². The average molecular weight is 214 g/mol. The van der Waals surface area contributed by atoms with Gasteiger partial charge in [0, 0.05) is 0 Å². The predicted molar refractivity (Wildman–Crippen MR) is 63.7 cm³/mol. The van der Waals surface area contributed by atoms with E-state index >= 15 is 0 Å². The Balaban J connectivity index is 3.93. The smallest absolute Gasteiger partial charge is 0.311 e. The third-order valence-electron chi connectivity index (χ3n) is 3.41. The van der Waals surface area contributed by atoms with Crippen LogP contribution in [0.3, 0.4) is 0 Å². The minimum Gasteiger partial charge on any atom is -0.465 e. The number of esters is 1. The van der Waals surface area contributed by atoms with E-state index in [2.05, 4.69) is 20.8 Å². The van der Waals surface area contributed by atoms with E-state index < -0.39 is 0 Å². The van der Waals surface area contributed by atoms with Gasteiger partial charge in [-0.15, -0.1) is 0 Å².